The molecule has 0 fully saturated rings. The lowest BCUT2D eigenvalue weighted by Crippen LogP contribution is -1.98. The van der Waals surface area contributed by atoms with Crippen molar-refractivity contribution in [2.75, 3.05) is 7.11 Å². The summed E-state index contributed by atoms with van der Waals surface area (Å²) in [5, 5.41) is 0. The van der Waals surface area contributed by atoms with Gasteiger partial charge in [-0.1, -0.05) is 35.9 Å². The van der Waals surface area contributed by atoms with Gasteiger partial charge in [0.1, 0.15) is 0 Å². The molecule has 3 rings (SSSR count). The van der Waals surface area contributed by atoms with Gasteiger partial charge in [-0.05, 0) is 53.6 Å². The molecule has 0 radical (unpaired) electrons. The fourth-order valence-electron chi connectivity index (χ4n) is 2.93. The second kappa shape index (κ2) is 4.25. The minimum atomic E-state index is 0.710. The van der Waals surface area contributed by atoms with Gasteiger partial charge in [0.25, 0.3) is 0 Å². The van der Waals surface area contributed by atoms with Gasteiger partial charge < -0.3 is 4.74 Å². The van der Waals surface area contributed by atoms with E-state index in [-0.39, 0.29) is 0 Å². The van der Waals surface area contributed by atoms with Crippen molar-refractivity contribution in [3.05, 3.63) is 58.1 Å². The van der Waals surface area contributed by atoms with Crippen LogP contribution in [-0.2, 0) is 17.8 Å². The number of hydrogen-bond acceptors (Lipinski definition) is 1. The molecule has 2 aromatic carbocycles. The van der Waals surface area contributed by atoms with E-state index in [0.717, 1.165) is 6.42 Å². The van der Waals surface area contributed by atoms with Crippen molar-refractivity contribution in [2.45, 2.75) is 26.9 Å². The molecule has 0 amide bonds. The first-order valence-electron chi connectivity index (χ1n) is 6.41. The van der Waals surface area contributed by atoms with Crippen molar-refractivity contribution in [3.8, 4) is 11.1 Å². The van der Waals surface area contributed by atoms with Gasteiger partial charge in [-0.2, -0.15) is 0 Å². The zero-order valence-electron chi connectivity index (χ0n) is 11.2. The molecule has 0 bridgehead atoms. The summed E-state index contributed by atoms with van der Waals surface area (Å²) in [4.78, 5) is 0. The highest BCUT2D eigenvalue weighted by atomic mass is 16.5. The predicted octanol–water partition coefficient (Wildman–Crippen LogP) is 4.02. The fraction of sp³-hybridized carbons (Fsp3) is 0.294. The highest BCUT2D eigenvalue weighted by Gasteiger charge is 2.21. The second-order valence-corrected chi connectivity index (χ2v) is 5.16. The summed E-state index contributed by atoms with van der Waals surface area (Å²) in [7, 11) is 1.77. The average molecular weight is 238 g/mol. The van der Waals surface area contributed by atoms with Crippen molar-refractivity contribution < 1.29 is 4.74 Å². The number of fused-ring (bicyclic) bond motifs is 3. The molecule has 0 saturated carbocycles. The standard InChI is InChI=1S/C17H18O/c1-11-4-6-14-13(8-11)9-16-15(14)7-5-12(2)17(16)10-18-3/h4-8H,9-10H2,1-3H3. The van der Waals surface area contributed by atoms with Crippen LogP contribution in [0.1, 0.15) is 27.8 Å². The molecule has 0 aromatic heterocycles. The normalized spacial score (nSPS) is 12.4. The largest absolute Gasteiger partial charge is 0.380 e. The lowest BCUT2D eigenvalue weighted by atomic mass is 9.97. The Morgan fingerprint density at radius 3 is 2.61 bits per heavy atom. The molecule has 0 aliphatic heterocycles. The van der Waals surface area contributed by atoms with E-state index in [0.29, 0.717) is 6.61 Å². The Labute approximate surface area is 108 Å². The van der Waals surface area contributed by atoms with Crippen LogP contribution in [0.3, 0.4) is 0 Å². The van der Waals surface area contributed by atoms with Gasteiger partial charge in [-0.25, -0.2) is 0 Å². The van der Waals surface area contributed by atoms with Gasteiger partial charge >= 0.3 is 0 Å². The van der Waals surface area contributed by atoms with E-state index in [2.05, 4.69) is 44.2 Å². The molecule has 18 heavy (non-hydrogen) atoms. The molecule has 1 heteroatoms. The Morgan fingerprint density at radius 2 is 1.83 bits per heavy atom. The first-order chi connectivity index (χ1) is 8.70. The van der Waals surface area contributed by atoms with Crippen molar-refractivity contribution >= 4 is 0 Å². The summed E-state index contributed by atoms with van der Waals surface area (Å²) < 4.78 is 5.36. The molecule has 0 atom stereocenters. The number of aryl methyl sites for hydroxylation is 2. The number of methoxy groups -OCH3 is 1. The van der Waals surface area contributed by atoms with E-state index in [1.165, 1.54) is 38.9 Å². The van der Waals surface area contributed by atoms with Crippen LogP contribution >= 0.6 is 0 Å². The third-order valence-electron chi connectivity index (χ3n) is 3.87. The minimum Gasteiger partial charge on any atom is -0.380 e. The number of hydrogen-bond donors (Lipinski definition) is 0. The summed E-state index contributed by atoms with van der Waals surface area (Å²) in [5.41, 5.74) is 9.73. The number of rotatable bonds is 2. The summed E-state index contributed by atoms with van der Waals surface area (Å²) in [5.74, 6) is 0. The Balaban J connectivity index is 2.18. The zero-order chi connectivity index (χ0) is 12.7. The van der Waals surface area contributed by atoms with Gasteiger partial charge in [-0.3, -0.25) is 0 Å². The Kier molecular flexibility index (Phi) is 2.71. The van der Waals surface area contributed by atoms with Gasteiger partial charge in [0, 0.05) is 7.11 Å². The van der Waals surface area contributed by atoms with E-state index < -0.39 is 0 Å². The van der Waals surface area contributed by atoms with Crippen molar-refractivity contribution in [1.29, 1.82) is 0 Å². The van der Waals surface area contributed by atoms with Crippen molar-refractivity contribution in [2.24, 2.45) is 0 Å². The highest BCUT2D eigenvalue weighted by molar-refractivity contribution is 5.78. The second-order valence-electron chi connectivity index (χ2n) is 5.16. The van der Waals surface area contributed by atoms with Crippen molar-refractivity contribution in [1.82, 2.24) is 0 Å². The monoisotopic (exact) mass is 238 g/mol. The molecular formula is C17H18O. The van der Waals surface area contributed by atoms with E-state index in [1.54, 1.807) is 7.11 Å². The molecular weight excluding hydrogens is 220 g/mol. The van der Waals surface area contributed by atoms with Crippen LogP contribution in [0.4, 0.5) is 0 Å². The highest BCUT2D eigenvalue weighted by Crippen LogP contribution is 2.39. The van der Waals surface area contributed by atoms with Crippen LogP contribution < -0.4 is 0 Å². The topological polar surface area (TPSA) is 9.23 Å². The average Bonchev–Trinajstić information content (AvgIpc) is 2.70. The van der Waals surface area contributed by atoms with Gasteiger partial charge in [0.2, 0.25) is 0 Å². The van der Waals surface area contributed by atoms with Crippen LogP contribution in [0, 0.1) is 13.8 Å². The van der Waals surface area contributed by atoms with Crippen LogP contribution in [-0.4, -0.2) is 7.11 Å². The van der Waals surface area contributed by atoms with E-state index in [9.17, 15) is 0 Å². The van der Waals surface area contributed by atoms with E-state index in [1.807, 2.05) is 0 Å². The van der Waals surface area contributed by atoms with Crippen molar-refractivity contribution in [3.63, 3.8) is 0 Å². The number of ether oxygens (including phenoxy) is 1. The third-order valence-corrected chi connectivity index (χ3v) is 3.87. The Morgan fingerprint density at radius 1 is 1.06 bits per heavy atom. The molecule has 1 aliphatic rings. The lowest BCUT2D eigenvalue weighted by Gasteiger charge is -2.11. The Hall–Kier alpha value is -1.60. The molecule has 0 saturated heterocycles. The lowest BCUT2D eigenvalue weighted by molar-refractivity contribution is 0.184. The molecule has 0 N–H and O–H groups in total. The molecule has 0 unspecified atom stereocenters. The van der Waals surface area contributed by atoms with E-state index in [4.69, 9.17) is 4.74 Å². The first kappa shape index (κ1) is 11.5. The summed E-state index contributed by atoms with van der Waals surface area (Å²) in [6.07, 6.45) is 1.05. The molecule has 0 spiro atoms. The van der Waals surface area contributed by atoms with Gasteiger partial charge in [0.05, 0.1) is 6.61 Å². The maximum atomic E-state index is 5.36. The summed E-state index contributed by atoms with van der Waals surface area (Å²) in [6, 6.07) is 11.2. The summed E-state index contributed by atoms with van der Waals surface area (Å²) >= 11 is 0. The van der Waals surface area contributed by atoms with Crippen LogP contribution in [0.15, 0.2) is 30.3 Å². The zero-order valence-corrected chi connectivity index (χ0v) is 11.2. The van der Waals surface area contributed by atoms with Gasteiger partial charge in [0.15, 0.2) is 0 Å². The quantitative estimate of drug-likeness (QED) is 0.655. The molecule has 1 nitrogen and oxygen atoms in total. The fourth-order valence-corrected chi connectivity index (χ4v) is 2.93. The number of benzene rings is 2. The first-order valence-corrected chi connectivity index (χ1v) is 6.41. The maximum absolute atomic E-state index is 5.36. The maximum Gasteiger partial charge on any atom is 0.0718 e. The molecule has 1 aliphatic carbocycles. The molecule has 0 heterocycles. The van der Waals surface area contributed by atoms with E-state index >= 15 is 0 Å². The molecule has 92 valence electrons. The predicted molar refractivity (Wildman–Crippen MR) is 74.9 cm³/mol. The Bertz CT molecular complexity index is 611. The SMILES string of the molecule is COCc1c(C)ccc2c1Cc1cc(C)ccc1-2. The molecule has 2 aromatic rings. The van der Waals surface area contributed by atoms with Crippen LogP contribution in [0.2, 0.25) is 0 Å². The minimum absolute atomic E-state index is 0.710. The van der Waals surface area contributed by atoms with Gasteiger partial charge in [-0.15, -0.1) is 0 Å². The van der Waals surface area contributed by atoms with Crippen LogP contribution in [0.25, 0.3) is 11.1 Å². The smallest absolute Gasteiger partial charge is 0.0718 e. The van der Waals surface area contributed by atoms with Crippen LogP contribution in [0.5, 0.6) is 0 Å². The third kappa shape index (κ3) is 1.67. The summed E-state index contributed by atoms with van der Waals surface area (Å²) in [6.45, 7) is 5.04.